The Hall–Kier alpha value is -3.43. The van der Waals surface area contributed by atoms with E-state index in [1.165, 1.54) is 18.0 Å². The van der Waals surface area contributed by atoms with Gasteiger partial charge in [0.05, 0.1) is 30.1 Å². The number of ether oxygens (including phenoxy) is 1. The molecule has 2 bridgehead atoms. The number of hydrogen-bond acceptors (Lipinski definition) is 4. The van der Waals surface area contributed by atoms with E-state index in [1.807, 2.05) is 0 Å². The minimum Gasteiger partial charge on any atom is -0.479 e. The number of benzene rings is 1. The van der Waals surface area contributed by atoms with Crippen LogP contribution in [0.5, 0.6) is 5.88 Å². The second-order valence-corrected chi connectivity index (χ2v) is 8.32. The zero-order chi connectivity index (χ0) is 23.4. The van der Waals surface area contributed by atoms with Gasteiger partial charge in [-0.25, -0.2) is 22.5 Å². The van der Waals surface area contributed by atoms with Crippen LogP contribution in [0.4, 0.5) is 17.6 Å². The van der Waals surface area contributed by atoms with Gasteiger partial charge in [0, 0.05) is 30.4 Å². The Morgan fingerprint density at radius 2 is 1.82 bits per heavy atom. The third-order valence-corrected chi connectivity index (χ3v) is 6.42. The van der Waals surface area contributed by atoms with E-state index in [0.717, 1.165) is 30.2 Å². The van der Waals surface area contributed by atoms with Crippen LogP contribution in [0.1, 0.15) is 46.9 Å². The van der Waals surface area contributed by atoms with E-state index in [4.69, 9.17) is 4.74 Å². The van der Waals surface area contributed by atoms with Crippen molar-refractivity contribution in [3.8, 4) is 17.1 Å². The first-order valence-electron chi connectivity index (χ1n) is 10.5. The van der Waals surface area contributed by atoms with Gasteiger partial charge in [-0.2, -0.15) is 5.10 Å². The summed E-state index contributed by atoms with van der Waals surface area (Å²) in [5, 5.41) is 4.58. The summed E-state index contributed by atoms with van der Waals surface area (Å²) in [6, 6.07) is 2.43. The molecule has 172 valence electrons. The smallest absolute Gasteiger partial charge is 0.256 e. The molecule has 1 aromatic carbocycles. The zero-order valence-electron chi connectivity index (χ0n) is 17.9. The molecule has 3 aromatic rings. The largest absolute Gasteiger partial charge is 0.479 e. The molecule has 0 N–H and O–H groups in total. The molecule has 2 aliphatic rings. The summed E-state index contributed by atoms with van der Waals surface area (Å²) < 4.78 is 61.9. The molecule has 4 heterocycles. The van der Waals surface area contributed by atoms with Crippen LogP contribution in [0.3, 0.4) is 0 Å². The lowest BCUT2D eigenvalue weighted by Gasteiger charge is -2.45. The number of hydrogen-bond donors (Lipinski definition) is 0. The number of pyridine rings is 1. The second kappa shape index (κ2) is 7.86. The topological polar surface area (TPSA) is 60.2 Å². The maximum absolute atomic E-state index is 14.2. The van der Waals surface area contributed by atoms with Crippen LogP contribution in [-0.4, -0.2) is 38.7 Å². The molecule has 0 aliphatic carbocycles. The molecule has 2 aromatic heterocycles. The summed E-state index contributed by atoms with van der Waals surface area (Å²) in [6.07, 6.45) is 3.93. The Morgan fingerprint density at radius 1 is 1.09 bits per heavy atom. The average Bonchev–Trinajstić information content (AvgIpc) is 3.11. The van der Waals surface area contributed by atoms with Gasteiger partial charge >= 0.3 is 0 Å². The number of halogens is 4. The standard InChI is InChI=1S/C23H20F4N4O2/c1-30-21(11-6-15(24)19(27)16(25)7-11)14-9-13-4-3-5-18(20(14)29-30)31(13)23(32)12-8-17(26)22(33-2)28-10-12/h6-8,10,13,18H,3-5,9H2,1-2H3/t13?,18-/m0/s1. The third-order valence-electron chi connectivity index (χ3n) is 6.42. The lowest BCUT2D eigenvalue weighted by molar-refractivity contribution is 0.0391. The first-order valence-corrected chi connectivity index (χ1v) is 10.5. The molecule has 1 amide bonds. The highest BCUT2D eigenvalue weighted by molar-refractivity contribution is 5.95. The highest BCUT2D eigenvalue weighted by Gasteiger charge is 2.43. The van der Waals surface area contributed by atoms with Gasteiger partial charge in [-0.3, -0.25) is 9.48 Å². The molecule has 10 heteroatoms. The fraction of sp³-hybridized carbons (Fsp3) is 0.348. The first kappa shape index (κ1) is 21.4. The highest BCUT2D eigenvalue weighted by atomic mass is 19.2. The highest BCUT2D eigenvalue weighted by Crippen LogP contribution is 2.45. The Morgan fingerprint density at radius 3 is 2.48 bits per heavy atom. The number of aromatic nitrogens is 3. The number of amides is 1. The van der Waals surface area contributed by atoms with Gasteiger partial charge in [-0.05, 0) is 43.9 Å². The molecule has 2 atom stereocenters. The van der Waals surface area contributed by atoms with Crippen molar-refractivity contribution >= 4 is 5.91 Å². The minimum atomic E-state index is -1.52. The number of methoxy groups -OCH3 is 1. The van der Waals surface area contributed by atoms with Gasteiger partial charge in [0.15, 0.2) is 23.3 Å². The van der Waals surface area contributed by atoms with Crippen LogP contribution in [0.25, 0.3) is 11.3 Å². The van der Waals surface area contributed by atoms with Gasteiger partial charge in [0.25, 0.3) is 5.91 Å². The van der Waals surface area contributed by atoms with Gasteiger partial charge in [0.1, 0.15) is 0 Å². The van der Waals surface area contributed by atoms with Crippen molar-refractivity contribution in [1.82, 2.24) is 19.7 Å². The quantitative estimate of drug-likeness (QED) is 0.431. The van der Waals surface area contributed by atoms with Gasteiger partial charge in [0.2, 0.25) is 5.88 Å². The number of carbonyl (C=O) groups excluding carboxylic acids is 1. The molecule has 1 unspecified atom stereocenters. The predicted octanol–water partition coefficient (Wildman–Crippen LogP) is 4.34. The molecule has 0 radical (unpaired) electrons. The lowest BCUT2D eigenvalue weighted by atomic mass is 9.81. The molecule has 33 heavy (non-hydrogen) atoms. The predicted molar refractivity (Wildman–Crippen MR) is 110 cm³/mol. The van der Waals surface area contributed by atoms with Crippen molar-refractivity contribution in [1.29, 1.82) is 0 Å². The molecule has 2 aliphatic heterocycles. The molecule has 5 rings (SSSR count). The summed E-state index contributed by atoms with van der Waals surface area (Å²) in [5.74, 6) is -5.37. The molecule has 6 nitrogen and oxygen atoms in total. The number of rotatable bonds is 3. The van der Waals surface area contributed by atoms with Crippen molar-refractivity contribution in [2.45, 2.75) is 37.8 Å². The Balaban J connectivity index is 1.57. The Bertz CT molecular complexity index is 1250. The second-order valence-electron chi connectivity index (χ2n) is 8.32. The maximum atomic E-state index is 14.2. The van der Waals surface area contributed by atoms with Crippen LogP contribution in [0.2, 0.25) is 0 Å². The monoisotopic (exact) mass is 460 g/mol. The van der Waals surface area contributed by atoms with Crippen LogP contribution < -0.4 is 4.74 Å². The maximum Gasteiger partial charge on any atom is 0.256 e. The fourth-order valence-corrected chi connectivity index (χ4v) is 5.04. The van der Waals surface area contributed by atoms with Crippen LogP contribution in [-0.2, 0) is 13.5 Å². The molecule has 0 spiro atoms. The number of fused-ring (bicyclic) bond motifs is 4. The van der Waals surface area contributed by atoms with Crippen molar-refractivity contribution in [2.75, 3.05) is 7.11 Å². The van der Waals surface area contributed by atoms with E-state index < -0.39 is 23.3 Å². The van der Waals surface area contributed by atoms with Crippen molar-refractivity contribution < 1.29 is 27.1 Å². The van der Waals surface area contributed by atoms with E-state index in [1.54, 1.807) is 11.9 Å². The zero-order valence-corrected chi connectivity index (χ0v) is 17.9. The van der Waals surface area contributed by atoms with E-state index in [-0.39, 0.29) is 35.0 Å². The average molecular weight is 460 g/mol. The van der Waals surface area contributed by atoms with Gasteiger partial charge < -0.3 is 9.64 Å². The van der Waals surface area contributed by atoms with Crippen molar-refractivity contribution in [3.63, 3.8) is 0 Å². The Labute approximate surface area is 186 Å². The molecular weight excluding hydrogens is 440 g/mol. The van der Waals surface area contributed by atoms with Crippen molar-refractivity contribution in [2.24, 2.45) is 7.05 Å². The lowest BCUT2D eigenvalue weighted by Crippen LogP contribution is -2.49. The molecule has 1 saturated heterocycles. The van der Waals surface area contributed by atoms with Gasteiger partial charge in [-0.1, -0.05) is 0 Å². The van der Waals surface area contributed by atoms with Crippen LogP contribution in [0.15, 0.2) is 24.4 Å². The van der Waals surface area contributed by atoms with E-state index >= 15 is 0 Å². The summed E-state index contributed by atoms with van der Waals surface area (Å²) in [6.45, 7) is 0. The van der Waals surface area contributed by atoms with Crippen LogP contribution in [0, 0.1) is 23.3 Å². The third kappa shape index (κ3) is 3.35. The Kier molecular flexibility index (Phi) is 5.10. The van der Waals surface area contributed by atoms with Gasteiger partial charge in [-0.15, -0.1) is 0 Å². The summed E-state index contributed by atoms with van der Waals surface area (Å²) >= 11 is 0. The molecule has 1 fully saturated rings. The van der Waals surface area contributed by atoms with E-state index in [2.05, 4.69) is 10.1 Å². The number of carbonyl (C=O) groups is 1. The van der Waals surface area contributed by atoms with E-state index in [9.17, 15) is 22.4 Å². The summed E-state index contributed by atoms with van der Waals surface area (Å²) in [5.41, 5.74) is 2.18. The first-order chi connectivity index (χ1) is 15.8. The van der Waals surface area contributed by atoms with E-state index in [0.29, 0.717) is 30.7 Å². The fourth-order valence-electron chi connectivity index (χ4n) is 5.04. The SMILES string of the molecule is COc1ncc(C(=O)N2C3CCC[C@H]2c2nn(C)c(-c4cc(F)c(F)c(F)c4)c2C3)cc1F. The summed E-state index contributed by atoms with van der Waals surface area (Å²) in [7, 11) is 2.94. The normalized spacial score (nSPS) is 19.4. The number of piperidine rings is 1. The molecule has 0 saturated carbocycles. The minimum absolute atomic E-state index is 0.104. The van der Waals surface area contributed by atoms with Crippen molar-refractivity contribution in [3.05, 3.63) is 64.5 Å². The number of aryl methyl sites for hydroxylation is 1. The summed E-state index contributed by atoms with van der Waals surface area (Å²) in [4.78, 5) is 18.9. The number of nitrogens with zero attached hydrogens (tertiary/aromatic N) is 4. The van der Waals surface area contributed by atoms with Crippen LogP contribution >= 0.6 is 0 Å². The molecular formula is C23H20F4N4O2.